The highest BCUT2D eigenvalue weighted by molar-refractivity contribution is 6.26. The van der Waals surface area contributed by atoms with Gasteiger partial charge in [0.15, 0.2) is 5.78 Å². The Labute approximate surface area is 161 Å². The Balaban J connectivity index is 2.25. The van der Waals surface area contributed by atoms with Crippen LogP contribution in [0.15, 0.2) is 35.3 Å². The summed E-state index contributed by atoms with van der Waals surface area (Å²) in [6, 6.07) is 9.97. The third-order valence-electron chi connectivity index (χ3n) is 5.14. The molecule has 1 fully saturated rings. The van der Waals surface area contributed by atoms with Crippen LogP contribution in [0.3, 0.4) is 0 Å². The number of nitrogens with zero attached hydrogens (tertiary/aromatic N) is 1. The van der Waals surface area contributed by atoms with Gasteiger partial charge in [0.1, 0.15) is 17.6 Å². The van der Waals surface area contributed by atoms with Crippen molar-refractivity contribution in [3.63, 3.8) is 0 Å². The highest BCUT2D eigenvalue weighted by Gasteiger charge is 2.52. The predicted molar refractivity (Wildman–Crippen MR) is 105 cm³/mol. The molecule has 1 aliphatic carbocycles. The highest BCUT2D eigenvalue weighted by atomic mass is 16.5. The van der Waals surface area contributed by atoms with Crippen molar-refractivity contribution in [3.05, 3.63) is 35.9 Å². The molecule has 1 aliphatic rings. The lowest BCUT2D eigenvalue weighted by molar-refractivity contribution is -0.159. The van der Waals surface area contributed by atoms with Gasteiger partial charge in [0.2, 0.25) is 0 Å². The molecule has 0 saturated heterocycles. The first-order valence-electron chi connectivity index (χ1n) is 9.53. The smallest absolute Gasteiger partial charge is 0.316 e. The van der Waals surface area contributed by atoms with Gasteiger partial charge in [0.25, 0.3) is 0 Å². The molecule has 5 nitrogen and oxygen atoms in total. The Morgan fingerprint density at radius 1 is 1.22 bits per heavy atom. The molecule has 0 amide bonds. The van der Waals surface area contributed by atoms with Crippen LogP contribution < -0.4 is 0 Å². The van der Waals surface area contributed by atoms with Gasteiger partial charge in [-0.05, 0) is 23.8 Å². The van der Waals surface area contributed by atoms with Gasteiger partial charge >= 0.3 is 5.97 Å². The fraction of sp³-hybridized carbons (Fsp3) is 0.545. The molecule has 0 N–H and O–H groups in total. The van der Waals surface area contributed by atoms with Crippen molar-refractivity contribution in [2.24, 2.45) is 22.2 Å². The van der Waals surface area contributed by atoms with Crippen LogP contribution >= 0.6 is 0 Å². The molecule has 0 spiro atoms. The monoisotopic (exact) mass is 371 g/mol. The van der Waals surface area contributed by atoms with E-state index in [-0.39, 0.29) is 18.0 Å². The Morgan fingerprint density at radius 3 is 2.48 bits per heavy atom. The van der Waals surface area contributed by atoms with Crippen molar-refractivity contribution < 1.29 is 19.1 Å². The third kappa shape index (κ3) is 4.90. The molecule has 0 aliphatic heterocycles. The second-order valence-electron chi connectivity index (χ2n) is 7.78. The Kier molecular flexibility index (Phi) is 7.05. The number of carbonyl (C=O) groups excluding carboxylic acids is 3. The van der Waals surface area contributed by atoms with Gasteiger partial charge in [0.05, 0.1) is 7.11 Å². The fourth-order valence-electron chi connectivity index (χ4n) is 3.81. The van der Waals surface area contributed by atoms with E-state index < -0.39 is 23.2 Å². The normalized spacial score (nSPS) is 22.6. The van der Waals surface area contributed by atoms with Crippen molar-refractivity contribution in [1.29, 1.82) is 0 Å². The van der Waals surface area contributed by atoms with Crippen LogP contribution in [0.4, 0.5) is 0 Å². The Morgan fingerprint density at radius 2 is 1.89 bits per heavy atom. The van der Waals surface area contributed by atoms with E-state index in [1.54, 1.807) is 13.8 Å². The average molecular weight is 371 g/mol. The summed E-state index contributed by atoms with van der Waals surface area (Å²) in [5.41, 5.74) is 1.03. The summed E-state index contributed by atoms with van der Waals surface area (Å²) in [5, 5.41) is 0. The minimum Gasteiger partial charge on any atom is -0.468 e. The molecule has 0 radical (unpaired) electrons. The van der Waals surface area contributed by atoms with E-state index in [0.717, 1.165) is 18.4 Å². The standard InChI is InChI=1S/C22H29NO4/c1-5-9-16(23-13-12-15-10-7-6-8-11-15)18-17(24)14-22(2,3)19(20(18)25)21(26)27-4/h6-8,10-11,18-19H,5,9,12-14H2,1-4H3/t18?,19-/m1/s1. The van der Waals surface area contributed by atoms with Crippen molar-refractivity contribution in [2.45, 2.75) is 46.5 Å². The maximum absolute atomic E-state index is 13.1. The molecule has 146 valence electrons. The number of ether oxygens (including phenoxy) is 1. The molecule has 2 atom stereocenters. The molecule has 27 heavy (non-hydrogen) atoms. The summed E-state index contributed by atoms with van der Waals surface area (Å²) in [6.07, 6.45) is 2.28. The molecule has 2 rings (SSSR count). The van der Waals surface area contributed by atoms with E-state index in [2.05, 4.69) is 4.99 Å². The summed E-state index contributed by atoms with van der Waals surface area (Å²) in [7, 11) is 1.28. The molecule has 0 aromatic heterocycles. The van der Waals surface area contributed by atoms with Crippen LogP contribution in [-0.2, 0) is 25.5 Å². The fourth-order valence-corrected chi connectivity index (χ4v) is 3.81. The molecular weight excluding hydrogens is 342 g/mol. The largest absolute Gasteiger partial charge is 0.468 e. The lowest BCUT2D eigenvalue weighted by Gasteiger charge is -2.38. The van der Waals surface area contributed by atoms with Crippen LogP contribution in [0.5, 0.6) is 0 Å². The number of ketones is 2. The average Bonchev–Trinajstić information content (AvgIpc) is 2.61. The zero-order chi connectivity index (χ0) is 20.0. The number of carbonyl (C=O) groups is 3. The predicted octanol–water partition coefficient (Wildman–Crippen LogP) is 3.44. The number of rotatable bonds is 7. The van der Waals surface area contributed by atoms with Gasteiger partial charge in [-0.3, -0.25) is 19.4 Å². The van der Waals surface area contributed by atoms with Crippen LogP contribution in [0.25, 0.3) is 0 Å². The maximum Gasteiger partial charge on any atom is 0.316 e. The van der Waals surface area contributed by atoms with E-state index >= 15 is 0 Å². The maximum atomic E-state index is 13.1. The Hall–Kier alpha value is -2.30. The van der Waals surface area contributed by atoms with Crippen LogP contribution in [0.2, 0.25) is 0 Å². The molecule has 1 aromatic rings. The molecular formula is C22H29NO4. The van der Waals surface area contributed by atoms with E-state index in [1.807, 2.05) is 37.3 Å². The number of Topliss-reactive ketones (excluding diaryl/α,β-unsaturated/α-hetero) is 2. The topological polar surface area (TPSA) is 72.8 Å². The third-order valence-corrected chi connectivity index (χ3v) is 5.14. The van der Waals surface area contributed by atoms with Gasteiger partial charge in [0, 0.05) is 18.7 Å². The van der Waals surface area contributed by atoms with Gasteiger partial charge in [-0.15, -0.1) is 0 Å². The van der Waals surface area contributed by atoms with Gasteiger partial charge in [-0.1, -0.05) is 57.5 Å². The lowest BCUT2D eigenvalue weighted by atomic mass is 9.63. The summed E-state index contributed by atoms with van der Waals surface area (Å²) in [4.78, 5) is 42.7. The van der Waals surface area contributed by atoms with E-state index in [0.29, 0.717) is 18.7 Å². The van der Waals surface area contributed by atoms with Crippen molar-refractivity contribution in [3.8, 4) is 0 Å². The quantitative estimate of drug-likeness (QED) is 0.418. The number of methoxy groups -OCH3 is 1. The van der Waals surface area contributed by atoms with E-state index in [1.165, 1.54) is 7.11 Å². The first kappa shape index (κ1) is 21.0. The van der Waals surface area contributed by atoms with Crippen molar-refractivity contribution in [2.75, 3.05) is 13.7 Å². The molecule has 1 aromatic carbocycles. The number of hydrogen-bond donors (Lipinski definition) is 0. The summed E-state index contributed by atoms with van der Waals surface area (Å²) >= 11 is 0. The van der Waals surface area contributed by atoms with Gasteiger partial charge in [-0.2, -0.15) is 0 Å². The number of hydrogen-bond acceptors (Lipinski definition) is 5. The molecule has 1 saturated carbocycles. The van der Waals surface area contributed by atoms with Crippen molar-refractivity contribution in [1.82, 2.24) is 0 Å². The Bertz CT molecular complexity index is 721. The van der Waals surface area contributed by atoms with Gasteiger partial charge in [-0.25, -0.2) is 0 Å². The van der Waals surface area contributed by atoms with E-state index in [9.17, 15) is 14.4 Å². The zero-order valence-corrected chi connectivity index (χ0v) is 16.7. The minimum atomic E-state index is -0.929. The zero-order valence-electron chi connectivity index (χ0n) is 16.7. The molecule has 0 bridgehead atoms. The van der Waals surface area contributed by atoms with Crippen LogP contribution in [0, 0.1) is 17.3 Å². The summed E-state index contributed by atoms with van der Waals surface area (Å²) in [6.45, 7) is 6.05. The van der Waals surface area contributed by atoms with Gasteiger partial charge < -0.3 is 4.74 Å². The second kappa shape index (κ2) is 9.07. The van der Waals surface area contributed by atoms with Crippen molar-refractivity contribution >= 4 is 23.2 Å². The first-order chi connectivity index (χ1) is 12.8. The molecule has 5 heteroatoms. The summed E-state index contributed by atoms with van der Waals surface area (Å²) < 4.78 is 4.85. The molecule has 1 unspecified atom stereocenters. The summed E-state index contributed by atoms with van der Waals surface area (Å²) in [5.74, 6) is -2.92. The number of benzene rings is 1. The first-order valence-corrected chi connectivity index (χ1v) is 9.53. The SMILES string of the molecule is CCCC(=NCCc1ccccc1)C1C(=O)CC(C)(C)[C@@H](C(=O)OC)C1=O. The number of esters is 1. The number of aliphatic imine (C=N–C) groups is 1. The highest BCUT2D eigenvalue weighted by Crippen LogP contribution is 2.40. The second-order valence-corrected chi connectivity index (χ2v) is 7.78. The van der Waals surface area contributed by atoms with Crippen LogP contribution in [-0.4, -0.2) is 36.9 Å². The van der Waals surface area contributed by atoms with Crippen LogP contribution in [0.1, 0.15) is 45.6 Å². The molecule has 0 heterocycles. The van der Waals surface area contributed by atoms with E-state index in [4.69, 9.17) is 4.74 Å². The lowest BCUT2D eigenvalue weighted by Crippen LogP contribution is -2.52. The minimum absolute atomic E-state index is 0.142.